The van der Waals surface area contributed by atoms with Crippen molar-refractivity contribution in [2.75, 3.05) is 26.2 Å². The van der Waals surface area contributed by atoms with Crippen LogP contribution in [0.15, 0.2) is 18.7 Å². The molecule has 0 bridgehead atoms. The van der Waals surface area contributed by atoms with Crippen LogP contribution < -0.4 is 5.32 Å². The molecule has 2 rings (SSSR count). The fraction of sp³-hybridized carbons (Fsp3) is 0.769. The Hall–Kier alpha value is -0.870. The van der Waals surface area contributed by atoms with Crippen LogP contribution in [0, 0.1) is 0 Å². The molecule has 1 fully saturated rings. The predicted molar refractivity (Wildman–Crippen MR) is 70.0 cm³/mol. The van der Waals surface area contributed by atoms with Gasteiger partial charge < -0.3 is 9.88 Å². The molecule has 1 aliphatic carbocycles. The summed E-state index contributed by atoms with van der Waals surface area (Å²) < 4.78 is 2.13. The SMILES string of the molecule is CCN(CCNCCCn1ccnc1)C1CC1. The van der Waals surface area contributed by atoms with Crippen molar-refractivity contribution in [2.45, 2.75) is 38.8 Å². The molecule has 0 radical (unpaired) electrons. The van der Waals surface area contributed by atoms with Crippen molar-refractivity contribution in [2.24, 2.45) is 0 Å². The van der Waals surface area contributed by atoms with Gasteiger partial charge in [0.25, 0.3) is 0 Å². The van der Waals surface area contributed by atoms with Crippen molar-refractivity contribution in [3.8, 4) is 0 Å². The van der Waals surface area contributed by atoms with Gasteiger partial charge in [-0.1, -0.05) is 6.92 Å². The molecule has 4 nitrogen and oxygen atoms in total. The second kappa shape index (κ2) is 6.77. The Labute approximate surface area is 104 Å². The molecular weight excluding hydrogens is 212 g/mol. The third-order valence-electron chi connectivity index (χ3n) is 3.37. The van der Waals surface area contributed by atoms with Gasteiger partial charge in [0.2, 0.25) is 0 Å². The molecule has 0 spiro atoms. The smallest absolute Gasteiger partial charge is 0.0945 e. The third kappa shape index (κ3) is 4.48. The topological polar surface area (TPSA) is 33.1 Å². The average molecular weight is 236 g/mol. The fourth-order valence-electron chi connectivity index (χ4n) is 2.19. The van der Waals surface area contributed by atoms with Gasteiger partial charge >= 0.3 is 0 Å². The third-order valence-corrected chi connectivity index (χ3v) is 3.37. The molecule has 0 aromatic carbocycles. The van der Waals surface area contributed by atoms with E-state index in [9.17, 15) is 0 Å². The van der Waals surface area contributed by atoms with Crippen LogP contribution in [-0.4, -0.2) is 46.7 Å². The van der Waals surface area contributed by atoms with E-state index in [0.29, 0.717) is 0 Å². The van der Waals surface area contributed by atoms with E-state index in [-0.39, 0.29) is 0 Å². The van der Waals surface area contributed by atoms with E-state index in [2.05, 4.69) is 26.7 Å². The number of hydrogen-bond acceptors (Lipinski definition) is 3. The van der Waals surface area contributed by atoms with Crippen molar-refractivity contribution in [1.82, 2.24) is 19.8 Å². The molecule has 17 heavy (non-hydrogen) atoms. The molecule has 1 aliphatic rings. The molecule has 0 unspecified atom stereocenters. The first-order valence-corrected chi connectivity index (χ1v) is 6.80. The fourth-order valence-corrected chi connectivity index (χ4v) is 2.19. The number of likely N-dealkylation sites (N-methyl/N-ethyl adjacent to an activating group) is 1. The minimum Gasteiger partial charge on any atom is -0.337 e. The largest absolute Gasteiger partial charge is 0.337 e. The molecule has 0 aliphatic heterocycles. The number of hydrogen-bond donors (Lipinski definition) is 1. The summed E-state index contributed by atoms with van der Waals surface area (Å²) in [6.45, 7) is 7.94. The van der Waals surface area contributed by atoms with Gasteiger partial charge in [-0.2, -0.15) is 0 Å². The summed E-state index contributed by atoms with van der Waals surface area (Å²) in [5.74, 6) is 0. The summed E-state index contributed by atoms with van der Waals surface area (Å²) in [5.41, 5.74) is 0. The standard InChI is InChI=1S/C13H24N4/c1-2-17(13-4-5-13)11-8-14-6-3-9-16-10-7-15-12-16/h7,10,12-14H,2-6,8-9,11H2,1H3. The predicted octanol–water partition coefficient (Wildman–Crippen LogP) is 1.35. The quantitative estimate of drug-likeness (QED) is 0.657. The van der Waals surface area contributed by atoms with Crippen LogP contribution in [0.5, 0.6) is 0 Å². The van der Waals surface area contributed by atoms with Crippen molar-refractivity contribution in [1.29, 1.82) is 0 Å². The van der Waals surface area contributed by atoms with E-state index in [0.717, 1.165) is 25.7 Å². The van der Waals surface area contributed by atoms with Gasteiger partial charge in [0.05, 0.1) is 6.33 Å². The van der Waals surface area contributed by atoms with E-state index in [1.807, 2.05) is 18.7 Å². The Bertz CT molecular complexity index is 292. The highest BCUT2D eigenvalue weighted by Crippen LogP contribution is 2.25. The normalized spacial score (nSPS) is 15.6. The van der Waals surface area contributed by atoms with Crippen LogP contribution in [0.3, 0.4) is 0 Å². The highest BCUT2D eigenvalue weighted by Gasteiger charge is 2.26. The van der Waals surface area contributed by atoms with Gasteiger partial charge in [-0.3, -0.25) is 4.90 Å². The van der Waals surface area contributed by atoms with Gasteiger partial charge in [0, 0.05) is 38.1 Å². The zero-order valence-electron chi connectivity index (χ0n) is 10.8. The molecule has 96 valence electrons. The maximum Gasteiger partial charge on any atom is 0.0945 e. The summed E-state index contributed by atoms with van der Waals surface area (Å²) in [7, 11) is 0. The summed E-state index contributed by atoms with van der Waals surface area (Å²) in [6.07, 6.45) is 9.73. The number of aryl methyl sites for hydroxylation is 1. The molecule has 0 amide bonds. The number of nitrogens with zero attached hydrogens (tertiary/aromatic N) is 3. The van der Waals surface area contributed by atoms with Crippen LogP contribution in [-0.2, 0) is 6.54 Å². The van der Waals surface area contributed by atoms with E-state index in [1.165, 1.54) is 32.4 Å². The van der Waals surface area contributed by atoms with Gasteiger partial charge in [-0.25, -0.2) is 4.98 Å². The minimum atomic E-state index is 0.896. The van der Waals surface area contributed by atoms with Crippen LogP contribution in [0.2, 0.25) is 0 Å². The monoisotopic (exact) mass is 236 g/mol. The number of nitrogens with one attached hydrogen (secondary N) is 1. The molecule has 1 heterocycles. The lowest BCUT2D eigenvalue weighted by molar-refractivity contribution is 0.277. The Morgan fingerprint density at radius 3 is 2.94 bits per heavy atom. The number of imidazole rings is 1. The van der Waals surface area contributed by atoms with Crippen molar-refractivity contribution in [3.63, 3.8) is 0 Å². The number of rotatable bonds is 9. The highest BCUT2D eigenvalue weighted by molar-refractivity contribution is 4.83. The van der Waals surface area contributed by atoms with Gasteiger partial charge in [-0.05, 0) is 32.4 Å². The second-order valence-corrected chi connectivity index (χ2v) is 4.76. The highest BCUT2D eigenvalue weighted by atomic mass is 15.2. The molecule has 1 saturated carbocycles. The Morgan fingerprint density at radius 2 is 2.29 bits per heavy atom. The maximum absolute atomic E-state index is 4.03. The van der Waals surface area contributed by atoms with Crippen molar-refractivity contribution < 1.29 is 0 Å². The number of aromatic nitrogens is 2. The van der Waals surface area contributed by atoms with Gasteiger partial charge in [0.15, 0.2) is 0 Å². The lowest BCUT2D eigenvalue weighted by Gasteiger charge is -2.19. The minimum absolute atomic E-state index is 0.896. The van der Waals surface area contributed by atoms with E-state index < -0.39 is 0 Å². The molecule has 0 saturated heterocycles. The molecule has 1 aromatic rings. The van der Waals surface area contributed by atoms with Crippen LogP contribution in [0.1, 0.15) is 26.2 Å². The molecular formula is C13H24N4. The molecule has 1 aromatic heterocycles. The van der Waals surface area contributed by atoms with Gasteiger partial charge in [0.1, 0.15) is 0 Å². The summed E-state index contributed by atoms with van der Waals surface area (Å²) in [5, 5.41) is 3.52. The van der Waals surface area contributed by atoms with Crippen molar-refractivity contribution in [3.05, 3.63) is 18.7 Å². The zero-order chi connectivity index (χ0) is 11.9. The van der Waals surface area contributed by atoms with E-state index in [4.69, 9.17) is 0 Å². The molecule has 0 atom stereocenters. The Balaban J connectivity index is 1.46. The average Bonchev–Trinajstić information content (AvgIpc) is 3.05. The maximum atomic E-state index is 4.03. The summed E-state index contributed by atoms with van der Waals surface area (Å²) >= 11 is 0. The summed E-state index contributed by atoms with van der Waals surface area (Å²) in [6, 6.07) is 0.896. The van der Waals surface area contributed by atoms with Gasteiger partial charge in [-0.15, -0.1) is 0 Å². The van der Waals surface area contributed by atoms with E-state index >= 15 is 0 Å². The van der Waals surface area contributed by atoms with Crippen molar-refractivity contribution >= 4 is 0 Å². The second-order valence-electron chi connectivity index (χ2n) is 4.76. The van der Waals surface area contributed by atoms with E-state index in [1.54, 1.807) is 0 Å². The lowest BCUT2D eigenvalue weighted by atomic mass is 10.4. The van der Waals surface area contributed by atoms with Crippen LogP contribution in [0.4, 0.5) is 0 Å². The summed E-state index contributed by atoms with van der Waals surface area (Å²) in [4.78, 5) is 6.62. The lowest BCUT2D eigenvalue weighted by Crippen LogP contribution is -2.34. The molecule has 4 heteroatoms. The van der Waals surface area contributed by atoms with Crippen LogP contribution >= 0.6 is 0 Å². The molecule has 1 N–H and O–H groups in total. The first-order valence-electron chi connectivity index (χ1n) is 6.80. The van der Waals surface area contributed by atoms with Crippen LogP contribution in [0.25, 0.3) is 0 Å². The Morgan fingerprint density at radius 1 is 1.41 bits per heavy atom. The first kappa shape index (κ1) is 12.6. The first-order chi connectivity index (χ1) is 8.40. The zero-order valence-corrected chi connectivity index (χ0v) is 10.8. The Kier molecular flexibility index (Phi) is 5.01.